The molecule has 1 atom stereocenters. The molecule has 2 aliphatic rings. The van der Waals surface area contributed by atoms with Gasteiger partial charge in [0.05, 0.1) is 11.3 Å². The summed E-state index contributed by atoms with van der Waals surface area (Å²) in [5.41, 5.74) is 5.21. The molecule has 29 heavy (non-hydrogen) atoms. The minimum Gasteiger partial charge on any atom is -0.366 e. The predicted octanol–water partition coefficient (Wildman–Crippen LogP) is 0.167. The first-order chi connectivity index (χ1) is 13.7. The number of thiazole rings is 1. The first-order valence-corrected chi connectivity index (χ1v) is 9.66. The van der Waals surface area contributed by atoms with E-state index in [0.717, 1.165) is 16.6 Å². The number of anilines is 1. The van der Waals surface area contributed by atoms with Gasteiger partial charge in [-0.3, -0.25) is 14.4 Å². The lowest BCUT2D eigenvalue weighted by Gasteiger charge is -2.27. The van der Waals surface area contributed by atoms with E-state index in [1.54, 1.807) is 0 Å². The Kier molecular flexibility index (Phi) is 4.50. The van der Waals surface area contributed by atoms with Crippen molar-refractivity contribution in [3.63, 3.8) is 0 Å². The smallest absolute Gasteiger partial charge is 0.282 e. The van der Waals surface area contributed by atoms with Crippen LogP contribution in [-0.2, 0) is 24.3 Å². The van der Waals surface area contributed by atoms with E-state index in [4.69, 9.17) is 5.73 Å². The first kappa shape index (κ1) is 19.3. The summed E-state index contributed by atoms with van der Waals surface area (Å²) in [6.07, 6.45) is -0.164. The van der Waals surface area contributed by atoms with Crippen molar-refractivity contribution in [1.29, 1.82) is 0 Å². The summed E-state index contributed by atoms with van der Waals surface area (Å²) >= 11 is 1.24. The van der Waals surface area contributed by atoms with Gasteiger partial charge in [-0.25, -0.2) is 9.37 Å². The molecular formula is C18H19FN6O3S. The third-order valence-electron chi connectivity index (χ3n) is 4.97. The molecule has 9 nitrogen and oxygen atoms in total. The Morgan fingerprint density at radius 3 is 2.72 bits per heavy atom. The fourth-order valence-corrected chi connectivity index (χ4v) is 4.44. The molecule has 1 aromatic heterocycles. The molecule has 2 aromatic rings. The fraction of sp³-hybridized carbons (Fsp3) is 0.333. The number of amides is 3. The summed E-state index contributed by atoms with van der Waals surface area (Å²) in [7, 11) is 3.01. The number of hydrogen-bond donors (Lipinski definition) is 4. The molecule has 3 heterocycles. The average molecular weight is 418 g/mol. The number of rotatable bonds is 4. The molecular weight excluding hydrogens is 399 g/mol. The van der Waals surface area contributed by atoms with Gasteiger partial charge >= 0.3 is 0 Å². The van der Waals surface area contributed by atoms with Crippen LogP contribution in [0, 0.1) is 5.82 Å². The van der Waals surface area contributed by atoms with Gasteiger partial charge in [-0.05, 0) is 17.7 Å². The van der Waals surface area contributed by atoms with Crippen LogP contribution >= 0.6 is 11.3 Å². The van der Waals surface area contributed by atoms with Gasteiger partial charge in [0.1, 0.15) is 5.82 Å². The van der Waals surface area contributed by atoms with E-state index in [1.807, 2.05) is 0 Å². The van der Waals surface area contributed by atoms with Crippen molar-refractivity contribution in [3.05, 3.63) is 44.7 Å². The van der Waals surface area contributed by atoms with Crippen molar-refractivity contribution < 1.29 is 18.8 Å². The summed E-state index contributed by atoms with van der Waals surface area (Å²) in [6.45, 7) is 1.22. The van der Waals surface area contributed by atoms with Gasteiger partial charge in [0.2, 0.25) is 0 Å². The zero-order valence-electron chi connectivity index (χ0n) is 15.8. The zero-order valence-corrected chi connectivity index (χ0v) is 16.6. The zero-order chi connectivity index (χ0) is 20.9. The molecule has 0 spiro atoms. The summed E-state index contributed by atoms with van der Waals surface area (Å²) in [6, 6.07) is 2.55. The molecule has 3 amide bonds. The highest BCUT2D eigenvalue weighted by atomic mass is 32.1. The topological polar surface area (TPSA) is 129 Å². The molecule has 152 valence electrons. The Hall–Kier alpha value is -3.05. The highest BCUT2D eigenvalue weighted by Crippen LogP contribution is 2.36. The Morgan fingerprint density at radius 1 is 1.31 bits per heavy atom. The Labute approximate surface area is 169 Å². The fourth-order valence-electron chi connectivity index (χ4n) is 3.50. The summed E-state index contributed by atoms with van der Waals surface area (Å²) < 4.78 is 14.4. The third kappa shape index (κ3) is 3.12. The molecule has 5 N–H and O–H groups in total. The van der Waals surface area contributed by atoms with Crippen LogP contribution in [0.25, 0.3) is 0 Å². The van der Waals surface area contributed by atoms with Crippen LogP contribution in [0.5, 0.6) is 0 Å². The number of carbonyl (C=O) groups excluding carboxylic acids is 3. The van der Waals surface area contributed by atoms with E-state index >= 15 is 0 Å². The summed E-state index contributed by atoms with van der Waals surface area (Å²) in [4.78, 5) is 44.1. The van der Waals surface area contributed by atoms with Gasteiger partial charge in [-0.15, -0.1) is 11.3 Å². The molecule has 2 aliphatic heterocycles. The lowest BCUT2D eigenvalue weighted by Crippen LogP contribution is -2.62. The van der Waals surface area contributed by atoms with Crippen molar-refractivity contribution in [2.75, 3.05) is 19.4 Å². The van der Waals surface area contributed by atoms with Crippen LogP contribution in [0.15, 0.2) is 12.1 Å². The van der Waals surface area contributed by atoms with Crippen molar-refractivity contribution in [1.82, 2.24) is 20.5 Å². The second-order valence-corrected chi connectivity index (χ2v) is 8.25. The lowest BCUT2D eigenvalue weighted by atomic mass is 9.98. The maximum Gasteiger partial charge on any atom is 0.282 e. The maximum absolute atomic E-state index is 14.4. The van der Waals surface area contributed by atoms with E-state index in [9.17, 15) is 18.8 Å². The van der Waals surface area contributed by atoms with Gasteiger partial charge in [0, 0.05) is 44.2 Å². The van der Waals surface area contributed by atoms with Crippen molar-refractivity contribution in [3.8, 4) is 0 Å². The van der Waals surface area contributed by atoms with Crippen molar-refractivity contribution in [2.24, 2.45) is 5.73 Å². The maximum atomic E-state index is 14.4. The van der Waals surface area contributed by atoms with Gasteiger partial charge in [-0.1, -0.05) is 0 Å². The molecule has 0 saturated heterocycles. The number of carbonyl (C=O) groups is 3. The van der Waals surface area contributed by atoms with E-state index in [-0.39, 0.29) is 22.6 Å². The van der Waals surface area contributed by atoms with E-state index in [0.29, 0.717) is 18.8 Å². The number of hydrogen-bond acceptors (Lipinski definition) is 7. The monoisotopic (exact) mass is 418 g/mol. The van der Waals surface area contributed by atoms with Crippen LogP contribution in [0.1, 0.15) is 36.3 Å². The van der Waals surface area contributed by atoms with Gasteiger partial charge in [-0.2, -0.15) is 0 Å². The second kappa shape index (κ2) is 6.78. The average Bonchev–Trinajstić information content (AvgIpc) is 3.33. The van der Waals surface area contributed by atoms with Crippen molar-refractivity contribution >= 4 is 34.7 Å². The normalized spacial score (nSPS) is 19.3. The number of nitrogens with two attached hydrogens (primary N) is 1. The minimum absolute atomic E-state index is 0.156. The highest BCUT2D eigenvalue weighted by molar-refractivity contribution is 7.13. The number of fused-ring (bicyclic) bond motifs is 2. The molecule has 0 radical (unpaired) electrons. The molecule has 0 fully saturated rings. The van der Waals surface area contributed by atoms with Gasteiger partial charge in [0.25, 0.3) is 17.7 Å². The van der Waals surface area contributed by atoms with E-state index < -0.39 is 29.2 Å². The lowest BCUT2D eigenvalue weighted by molar-refractivity contribution is -0.122. The Morgan fingerprint density at radius 2 is 2.07 bits per heavy atom. The van der Waals surface area contributed by atoms with Crippen LogP contribution in [-0.4, -0.2) is 47.4 Å². The summed E-state index contributed by atoms with van der Waals surface area (Å²) in [5.74, 6) is -2.67. The molecule has 0 bridgehead atoms. The number of halogens is 1. The quantitative estimate of drug-likeness (QED) is 0.560. The minimum atomic E-state index is -1.69. The van der Waals surface area contributed by atoms with Crippen LogP contribution < -0.4 is 21.7 Å². The molecule has 1 unspecified atom stereocenters. The van der Waals surface area contributed by atoms with Crippen LogP contribution in [0.4, 0.5) is 10.1 Å². The van der Waals surface area contributed by atoms with E-state index in [1.165, 1.54) is 36.4 Å². The van der Waals surface area contributed by atoms with E-state index in [2.05, 4.69) is 20.9 Å². The second-order valence-electron chi connectivity index (χ2n) is 7.17. The Balaban J connectivity index is 1.67. The predicted molar refractivity (Wildman–Crippen MR) is 104 cm³/mol. The van der Waals surface area contributed by atoms with Crippen molar-refractivity contribution in [2.45, 2.75) is 25.2 Å². The molecule has 0 aliphatic carbocycles. The van der Waals surface area contributed by atoms with Crippen LogP contribution in [0.2, 0.25) is 0 Å². The standard InChI is InChI=1S/C18H19FN6O3S/c1-25(2)16(27)13-8-5-18(17(20)28,23-10(8)4-3-9(13)19)24-14(26)15-22-11-6-21-7-12(11)29-15/h3-4,21,23H,5-7H2,1-2H3,(H2,20,28)(H,24,26). The first-order valence-electron chi connectivity index (χ1n) is 8.85. The number of primary amides is 1. The third-order valence-corrected chi connectivity index (χ3v) is 6.07. The summed E-state index contributed by atoms with van der Waals surface area (Å²) in [5, 5.41) is 8.84. The molecule has 1 aromatic carbocycles. The number of nitrogens with zero attached hydrogens (tertiary/aromatic N) is 2. The number of benzene rings is 1. The van der Waals surface area contributed by atoms with Crippen LogP contribution in [0.3, 0.4) is 0 Å². The molecule has 0 saturated carbocycles. The Bertz CT molecular complexity index is 1030. The largest absolute Gasteiger partial charge is 0.366 e. The number of nitrogens with one attached hydrogen (secondary N) is 3. The van der Waals surface area contributed by atoms with Gasteiger partial charge in [0.15, 0.2) is 10.7 Å². The molecule has 11 heteroatoms. The van der Waals surface area contributed by atoms with Gasteiger partial charge < -0.3 is 26.6 Å². The SMILES string of the molecule is CN(C)C(=O)c1c(F)ccc2c1CC(NC(=O)c1nc3c(s1)CNC3)(C(N)=O)N2. The highest BCUT2D eigenvalue weighted by Gasteiger charge is 2.46. The number of aromatic nitrogens is 1. The molecule has 4 rings (SSSR count).